The molecule has 2 N–H and O–H groups in total. The van der Waals surface area contributed by atoms with Crippen molar-refractivity contribution in [2.24, 2.45) is 0 Å². The highest BCUT2D eigenvalue weighted by Crippen LogP contribution is 2.37. The molecule has 0 aliphatic heterocycles. The Balaban J connectivity index is 1.46. The molecule has 6 rings (SSSR count). The molecule has 9 heteroatoms. The van der Waals surface area contributed by atoms with Crippen molar-refractivity contribution in [3.63, 3.8) is 0 Å². The fourth-order valence-electron chi connectivity index (χ4n) is 4.14. The van der Waals surface area contributed by atoms with E-state index in [9.17, 15) is 4.79 Å². The van der Waals surface area contributed by atoms with Gasteiger partial charge >= 0.3 is 0 Å². The Morgan fingerprint density at radius 2 is 1.80 bits per heavy atom. The summed E-state index contributed by atoms with van der Waals surface area (Å²) in [7, 11) is 3.98. The van der Waals surface area contributed by atoms with Gasteiger partial charge in [-0.05, 0) is 37.3 Å². The number of carbonyl (C=O) groups excluding carboxylic acids is 1. The number of H-pyrrole nitrogens is 2. The van der Waals surface area contributed by atoms with Crippen LogP contribution in [0.2, 0.25) is 0 Å². The average molecular weight is 480 g/mol. The number of fused-ring (bicyclic) bond motifs is 2. The number of anilines is 1. The first kappa shape index (κ1) is 21.2. The van der Waals surface area contributed by atoms with Crippen molar-refractivity contribution in [2.45, 2.75) is 6.92 Å². The van der Waals surface area contributed by atoms with Gasteiger partial charge in [0.25, 0.3) is 0 Å². The van der Waals surface area contributed by atoms with Gasteiger partial charge in [-0.2, -0.15) is 5.10 Å². The fourth-order valence-corrected chi connectivity index (χ4v) is 5.06. The molecule has 0 aromatic carbocycles. The van der Waals surface area contributed by atoms with Crippen LogP contribution in [0.25, 0.3) is 54.9 Å². The molecule has 0 aliphatic carbocycles. The summed E-state index contributed by atoms with van der Waals surface area (Å²) in [6.07, 6.45) is 9.09. The third-order valence-electron chi connectivity index (χ3n) is 6.00. The normalized spacial score (nSPS) is 11.4. The van der Waals surface area contributed by atoms with E-state index in [1.165, 1.54) is 11.3 Å². The van der Waals surface area contributed by atoms with Crippen LogP contribution in [0.3, 0.4) is 0 Å². The second kappa shape index (κ2) is 8.14. The number of rotatable bonds is 5. The molecule has 8 nitrogen and oxygen atoms in total. The Labute approximate surface area is 204 Å². The van der Waals surface area contributed by atoms with Crippen molar-refractivity contribution in [3.05, 3.63) is 66.2 Å². The molecule has 35 heavy (non-hydrogen) atoms. The smallest absolute Gasteiger partial charge is 0.169 e. The first-order valence-corrected chi connectivity index (χ1v) is 11.8. The van der Waals surface area contributed by atoms with E-state index in [1.807, 2.05) is 62.0 Å². The summed E-state index contributed by atoms with van der Waals surface area (Å²) >= 11 is 1.48. The molecule has 0 amide bonds. The van der Waals surface area contributed by atoms with Crippen LogP contribution in [-0.2, 0) is 0 Å². The first-order valence-electron chi connectivity index (χ1n) is 11.0. The molecular weight excluding hydrogens is 458 g/mol. The minimum atomic E-state index is 0.0647. The first-order chi connectivity index (χ1) is 17.0. The maximum absolute atomic E-state index is 11.8. The van der Waals surface area contributed by atoms with Crippen LogP contribution in [0.15, 0.2) is 61.3 Å². The van der Waals surface area contributed by atoms with Gasteiger partial charge < -0.3 is 9.88 Å². The minimum Gasteiger partial charge on any atom is -0.376 e. The van der Waals surface area contributed by atoms with E-state index in [1.54, 1.807) is 13.1 Å². The summed E-state index contributed by atoms with van der Waals surface area (Å²) in [5, 5.41) is 9.67. The predicted molar refractivity (Wildman–Crippen MR) is 140 cm³/mol. The van der Waals surface area contributed by atoms with E-state index >= 15 is 0 Å². The number of Topliss-reactive ketones (excluding diaryl/α,β-unsaturated/α-hetero) is 1. The second-order valence-electron chi connectivity index (χ2n) is 8.56. The van der Waals surface area contributed by atoms with Crippen LogP contribution < -0.4 is 4.90 Å². The summed E-state index contributed by atoms with van der Waals surface area (Å²) in [4.78, 5) is 32.4. The van der Waals surface area contributed by atoms with Crippen molar-refractivity contribution in [2.75, 3.05) is 19.0 Å². The number of pyridine rings is 3. The Kier molecular flexibility index (Phi) is 4.93. The van der Waals surface area contributed by atoms with Gasteiger partial charge in [0.1, 0.15) is 5.69 Å². The van der Waals surface area contributed by atoms with Crippen molar-refractivity contribution in [1.29, 1.82) is 0 Å². The van der Waals surface area contributed by atoms with Gasteiger partial charge in [0, 0.05) is 53.3 Å². The molecule has 0 unspecified atom stereocenters. The van der Waals surface area contributed by atoms with Crippen molar-refractivity contribution in [1.82, 2.24) is 30.1 Å². The monoisotopic (exact) mass is 479 g/mol. The van der Waals surface area contributed by atoms with Gasteiger partial charge in [-0.3, -0.25) is 24.8 Å². The number of nitrogens with one attached hydrogen (secondary N) is 2. The number of hydrogen-bond acceptors (Lipinski definition) is 7. The van der Waals surface area contributed by atoms with E-state index in [4.69, 9.17) is 0 Å². The average Bonchev–Trinajstić information content (AvgIpc) is 3.61. The Hall–Kier alpha value is -4.37. The van der Waals surface area contributed by atoms with Crippen LogP contribution in [0, 0.1) is 0 Å². The number of nitrogens with zero attached hydrogens (tertiary/aromatic N) is 5. The molecule has 0 radical (unpaired) electrons. The highest BCUT2D eigenvalue weighted by Gasteiger charge is 2.16. The topological polar surface area (TPSA) is 103 Å². The number of ketones is 1. The standard InChI is InChI=1S/C26H21N7OS/c1-14(34)24-4-5-25(35-24)19-11-28-12-22-17(19)7-21(30-22)26-18-8-20(29-13-23(18)31-32-26)15-6-16(33(2)3)10-27-9-15/h4-13,30H,1-3H3,(H,31,32). The van der Waals surface area contributed by atoms with Crippen LogP contribution in [-0.4, -0.2) is 50.0 Å². The second-order valence-corrected chi connectivity index (χ2v) is 9.65. The van der Waals surface area contributed by atoms with E-state index in [2.05, 4.69) is 42.3 Å². The van der Waals surface area contributed by atoms with Crippen LogP contribution >= 0.6 is 11.3 Å². The molecule has 0 saturated carbocycles. The number of aromatic nitrogens is 6. The molecule has 0 aliphatic rings. The molecule has 0 fully saturated rings. The molecule has 6 aromatic heterocycles. The molecular formula is C26H21N7OS. The summed E-state index contributed by atoms with van der Waals surface area (Å²) in [5.41, 5.74) is 7.19. The van der Waals surface area contributed by atoms with Crippen molar-refractivity contribution in [3.8, 4) is 33.1 Å². The Morgan fingerprint density at radius 1 is 0.943 bits per heavy atom. The number of hydrogen-bond donors (Lipinski definition) is 2. The maximum Gasteiger partial charge on any atom is 0.169 e. The lowest BCUT2D eigenvalue weighted by Gasteiger charge is -2.12. The van der Waals surface area contributed by atoms with Crippen molar-refractivity contribution < 1.29 is 4.79 Å². The highest BCUT2D eigenvalue weighted by molar-refractivity contribution is 7.17. The third kappa shape index (κ3) is 3.66. The van der Waals surface area contributed by atoms with Crippen molar-refractivity contribution >= 4 is 44.6 Å². The number of thiophene rings is 1. The summed E-state index contributed by atoms with van der Waals surface area (Å²) in [5.74, 6) is 0.0647. The van der Waals surface area contributed by atoms with Crippen LogP contribution in [0.5, 0.6) is 0 Å². The van der Waals surface area contributed by atoms with Gasteiger partial charge in [-0.15, -0.1) is 11.3 Å². The molecule has 6 heterocycles. The van der Waals surface area contributed by atoms with E-state index in [0.29, 0.717) is 0 Å². The Morgan fingerprint density at radius 3 is 2.60 bits per heavy atom. The molecule has 0 spiro atoms. The molecule has 6 aromatic rings. The summed E-state index contributed by atoms with van der Waals surface area (Å²) < 4.78 is 0. The number of aromatic amines is 2. The highest BCUT2D eigenvalue weighted by atomic mass is 32.1. The van der Waals surface area contributed by atoms with Gasteiger partial charge in [0.15, 0.2) is 5.78 Å². The lowest BCUT2D eigenvalue weighted by Crippen LogP contribution is -2.08. The lowest BCUT2D eigenvalue weighted by molar-refractivity contribution is 0.102. The van der Waals surface area contributed by atoms with Gasteiger partial charge in [-0.1, -0.05) is 0 Å². The zero-order valence-corrected chi connectivity index (χ0v) is 20.1. The molecule has 172 valence electrons. The third-order valence-corrected chi connectivity index (χ3v) is 7.22. The quantitative estimate of drug-likeness (QED) is 0.314. The minimum absolute atomic E-state index is 0.0647. The lowest BCUT2D eigenvalue weighted by atomic mass is 10.1. The van der Waals surface area contributed by atoms with Crippen LogP contribution in [0.4, 0.5) is 5.69 Å². The number of carbonyl (C=O) groups is 1. The summed E-state index contributed by atoms with van der Waals surface area (Å²) in [6, 6.07) is 10.0. The SMILES string of the molecule is CC(=O)c1ccc(-c2cncc3[nH]c(-c4n[nH]c5cnc(-c6cncc(N(C)C)c6)cc45)cc23)s1. The maximum atomic E-state index is 11.8. The predicted octanol–water partition coefficient (Wildman–Crippen LogP) is 5.56. The molecule has 0 bridgehead atoms. The van der Waals surface area contributed by atoms with E-state index < -0.39 is 0 Å². The summed E-state index contributed by atoms with van der Waals surface area (Å²) in [6.45, 7) is 1.58. The zero-order chi connectivity index (χ0) is 24.1. The largest absolute Gasteiger partial charge is 0.376 e. The van der Waals surface area contributed by atoms with Gasteiger partial charge in [0.05, 0.1) is 51.6 Å². The van der Waals surface area contributed by atoms with E-state index in [-0.39, 0.29) is 5.78 Å². The Bertz CT molecular complexity index is 1730. The van der Waals surface area contributed by atoms with E-state index in [0.717, 1.165) is 65.5 Å². The zero-order valence-electron chi connectivity index (χ0n) is 19.3. The molecule has 0 atom stereocenters. The van der Waals surface area contributed by atoms with Gasteiger partial charge in [0.2, 0.25) is 0 Å². The molecule has 0 saturated heterocycles. The fraction of sp³-hybridized carbons (Fsp3) is 0.115. The van der Waals surface area contributed by atoms with Crippen LogP contribution in [0.1, 0.15) is 16.6 Å². The van der Waals surface area contributed by atoms with Gasteiger partial charge in [-0.25, -0.2) is 0 Å².